The van der Waals surface area contributed by atoms with E-state index in [4.69, 9.17) is 20.7 Å². The van der Waals surface area contributed by atoms with Crippen molar-refractivity contribution < 1.29 is 18.0 Å². The van der Waals surface area contributed by atoms with E-state index in [9.17, 15) is 8.78 Å². The average Bonchev–Trinajstić information content (AvgIpc) is 2.93. The molecule has 2 heterocycles. The first-order valence-corrected chi connectivity index (χ1v) is 6.27. The van der Waals surface area contributed by atoms with Gasteiger partial charge in [-0.1, -0.05) is 0 Å². The van der Waals surface area contributed by atoms with Crippen LogP contribution in [0, 0.1) is 11.6 Å². The molecule has 2 aromatic heterocycles. The molecule has 1 amide bonds. The molecule has 0 bridgehead atoms. The highest BCUT2D eigenvalue weighted by atomic mass is 19.1. The SMILES string of the molecule is NC=O.NCc1cc2cc(F)cc(F)c2o1.Nc1ncccn1. The first kappa shape index (κ1) is 18.0. The lowest BCUT2D eigenvalue weighted by Crippen LogP contribution is -1.92. The summed E-state index contributed by atoms with van der Waals surface area (Å²) in [6.45, 7) is 0.176. The van der Waals surface area contributed by atoms with Crippen LogP contribution >= 0.6 is 0 Å². The summed E-state index contributed by atoms with van der Waals surface area (Å²) < 4.78 is 30.8. The number of anilines is 1. The summed E-state index contributed by atoms with van der Waals surface area (Å²) in [6.07, 6.45) is 3.45. The van der Waals surface area contributed by atoms with Crippen LogP contribution in [-0.4, -0.2) is 16.4 Å². The lowest BCUT2D eigenvalue weighted by molar-refractivity contribution is -0.106. The predicted octanol–water partition coefficient (Wildman–Crippen LogP) is 1.33. The maximum Gasteiger partial charge on any atom is 0.219 e. The Kier molecular flexibility index (Phi) is 7.08. The van der Waals surface area contributed by atoms with Gasteiger partial charge in [0.05, 0.1) is 6.54 Å². The van der Waals surface area contributed by atoms with Gasteiger partial charge in [0.1, 0.15) is 11.6 Å². The number of furan rings is 1. The van der Waals surface area contributed by atoms with Gasteiger partial charge in [-0.15, -0.1) is 0 Å². The van der Waals surface area contributed by atoms with E-state index >= 15 is 0 Å². The van der Waals surface area contributed by atoms with Crippen molar-refractivity contribution in [2.24, 2.45) is 11.5 Å². The van der Waals surface area contributed by atoms with E-state index in [0.717, 1.165) is 6.07 Å². The number of carbonyl (C=O) groups excluding carboxylic acids is 1. The molecule has 0 aliphatic heterocycles. The number of halogens is 2. The molecule has 9 heteroatoms. The molecule has 0 saturated carbocycles. The molecule has 0 atom stereocenters. The zero-order chi connectivity index (χ0) is 17.2. The molecular weight excluding hydrogens is 308 g/mol. The third kappa shape index (κ3) is 5.67. The van der Waals surface area contributed by atoms with Gasteiger partial charge in [-0.25, -0.2) is 18.7 Å². The Morgan fingerprint density at radius 1 is 1.17 bits per heavy atom. The standard InChI is InChI=1S/C9H7F2NO.C4H5N3.CH3NO/c10-6-1-5-2-7(4-12)13-9(5)8(11)3-6;5-4-6-2-1-3-7-4;2-1-3/h1-3H,4,12H2;1-3H,(H2,5,6,7);1H,(H2,2,3). The minimum absolute atomic E-state index is 0.0573. The van der Waals surface area contributed by atoms with Gasteiger partial charge in [-0.05, 0) is 18.2 Å². The second kappa shape index (κ2) is 9.05. The van der Waals surface area contributed by atoms with Gasteiger partial charge in [-0.3, -0.25) is 4.79 Å². The molecular formula is C14H15F2N5O2. The molecule has 7 nitrogen and oxygen atoms in total. The van der Waals surface area contributed by atoms with Crippen molar-refractivity contribution in [1.29, 1.82) is 0 Å². The van der Waals surface area contributed by atoms with Gasteiger partial charge in [0.2, 0.25) is 12.4 Å². The van der Waals surface area contributed by atoms with Gasteiger partial charge < -0.3 is 21.6 Å². The summed E-state index contributed by atoms with van der Waals surface area (Å²) in [7, 11) is 0. The van der Waals surface area contributed by atoms with Crippen molar-refractivity contribution >= 4 is 23.3 Å². The normalized spacial score (nSPS) is 9.35. The quantitative estimate of drug-likeness (QED) is 0.578. The topological polar surface area (TPSA) is 134 Å². The van der Waals surface area contributed by atoms with E-state index in [1.54, 1.807) is 18.5 Å². The number of hydrogen-bond donors (Lipinski definition) is 3. The summed E-state index contributed by atoms with van der Waals surface area (Å²) in [4.78, 5) is 15.9. The average molecular weight is 323 g/mol. The van der Waals surface area contributed by atoms with Crippen LogP contribution in [0.3, 0.4) is 0 Å². The molecule has 0 saturated heterocycles. The van der Waals surface area contributed by atoms with E-state index in [2.05, 4.69) is 15.7 Å². The van der Waals surface area contributed by atoms with Crippen LogP contribution in [0.4, 0.5) is 14.7 Å². The zero-order valence-electron chi connectivity index (χ0n) is 11.9. The fraction of sp³-hybridized carbons (Fsp3) is 0.0714. The van der Waals surface area contributed by atoms with Gasteiger partial charge in [0.15, 0.2) is 11.4 Å². The molecule has 23 heavy (non-hydrogen) atoms. The number of carbonyl (C=O) groups is 1. The number of nitrogens with two attached hydrogens (primary N) is 3. The fourth-order valence-corrected chi connectivity index (χ4v) is 1.54. The number of fused-ring (bicyclic) bond motifs is 1. The molecule has 0 spiro atoms. The van der Waals surface area contributed by atoms with Crippen molar-refractivity contribution in [3.63, 3.8) is 0 Å². The third-order valence-corrected chi connectivity index (χ3v) is 2.37. The van der Waals surface area contributed by atoms with Crippen LogP contribution in [0.25, 0.3) is 11.0 Å². The predicted molar refractivity (Wildman–Crippen MR) is 80.7 cm³/mol. The minimum atomic E-state index is -0.699. The smallest absolute Gasteiger partial charge is 0.219 e. The second-order valence-electron chi connectivity index (χ2n) is 3.97. The number of nitrogen functional groups attached to an aromatic ring is 1. The Morgan fingerprint density at radius 2 is 1.78 bits per heavy atom. The summed E-state index contributed by atoms with van der Waals surface area (Å²) in [6, 6.07) is 5.24. The van der Waals surface area contributed by atoms with Crippen LogP contribution in [0.2, 0.25) is 0 Å². The highest BCUT2D eigenvalue weighted by molar-refractivity contribution is 5.78. The van der Waals surface area contributed by atoms with E-state index in [-0.39, 0.29) is 18.5 Å². The summed E-state index contributed by atoms with van der Waals surface area (Å²) >= 11 is 0. The molecule has 3 aromatic rings. The molecule has 0 fully saturated rings. The van der Waals surface area contributed by atoms with Crippen molar-refractivity contribution in [1.82, 2.24) is 9.97 Å². The molecule has 0 aliphatic carbocycles. The molecule has 6 N–H and O–H groups in total. The molecule has 1 aromatic carbocycles. The highest BCUT2D eigenvalue weighted by Gasteiger charge is 2.09. The lowest BCUT2D eigenvalue weighted by atomic mass is 10.2. The number of nitrogens with zero attached hydrogens (tertiary/aromatic N) is 2. The van der Waals surface area contributed by atoms with Gasteiger partial charge in [0.25, 0.3) is 0 Å². The second-order valence-corrected chi connectivity index (χ2v) is 3.97. The maximum absolute atomic E-state index is 13.0. The maximum atomic E-state index is 13.0. The van der Waals surface area contributed by atoms with E-state index in [0.29, 0.717) is 17.1 Å². The third-order valence-electron chi connectivity index (χ3n) is 2.37. The number of aromatic nitrogens is 2. The van der Waals surface area contributed by atoms with E-state index < -0.39 is 11.6 Å². The van der Waals surface area contributed by atoms with Gasteiger partial charge in [0, 0.05) is 23.8 Å². The Labute approximate surface area is 130 Å². The molecule has 0 unspecified atom stereocenters. The number of benzene rings is 1. The first-order valence-electron chi connectivity index (χ1n) is 6.27. The molecule has 3 rings (SSSR count). The summed E-state index contributed by atoms with van der Waals surface area (Å²) in [5, 5.41) is 0.401. The number of primary amides is 1. The lowest BCUT2D eigenvalue weighted by Gasteiger charge is -1.90. The van der Waals surface area contributed by atoms with Gasteiger partial charge in [-0.2, -0.15) is 0 Å². The summed E-state index contributed by atoms with van der Waals surface area (Å²) in [5.74, 6) is -0.550. The van der Waals surface area contributed by atoms with E-state index in [1.807, 2.05) is 0 Å². The summed E-state index contributed by atoms with van der Waals surface area (Å²) in [5.41, 5.74) is 14.7. The van der Waals surface area contributed by atoms with Crippen molar-refractivity contribution in [3.05, 3.63) is 54.1 Å². The van der Waals surface area contributed by atoms with Crippen LogP contribution in [0.1, 0.15) is 5.76 Å². The van der Waals surface area contributed by atoms with Crippen molar-refractivity contribution in [2.75, 3.05) is 5.73 Å². The molecule has 122 valence electrons. The van der Waals surface area contributed by atoms with Crippen molar-refractivity contribution in [2.45, 2.75) is 6.54 Å². The Balaban J connectivity index is 0.000000223. The fourth-order valence-electron chi connectivity index (χ4n) is 1.54. The van der Waals surface area contributed by atoms with Crippen LogP contribution in [-0.2, 0) is 11.3 Å². The zero-order valence-corrected chi connectivity index (χ0v) is 11.9. The number of hydrogen-bond acceptors (Lipinski definition) is 6. The first-order chi connectivity index (χ1) is 11.0. The Hall–Kier alpha value is -3.07. The Bertz CT molecular complexity index is 750. The van der Waals surface area contributed by atoms with Crippen molar-refractivity contribution in [3.8, 4) is 0 Å². The van der Waals surface area contributed by atoms with Crippen LogP contribution < -0.4 is 17.2 Å². The van der Waals surface area contributed by atoms with Crippen LogP contribution in [0.15, 0.2) is 41.1 Å². The number of rotatable bonds is 1. The number of amides is 1. The highest BCUT2D eigenvalue weighted by Crippen LogP contribution is 2.23. The minimum Gasteiger partial charge on any atom is -0.457 e. The van der Waals surface area contributed by atoms with Gasteiger partial charge >= 0.3 is 0 Å². The largest absolute Gasteiger partial charge is 0.457 e. The van der Waals surface area contributed by atoms with Crippen LogP contribution in [0.5, 0.6) is 0 Å². The Morgan fingerprint density at radius 3 is 2.26 bits per heavy atom. The molecule has 0 aliphatic rings. The van der Waals surface area contributed by atoms with E-state index in [1.165, 1.54) is 12.1 Å². The molecule has 0 radical (unpaired) electrons. The monoisotopic (exact) mass is 323 g/mol.